The Balaban J connectivity index is 1.60. The summed E-state index contributed by atoms with van der Waals surface area (Å²) in [5.41, 5.74) is 2.06. The monoisotopic (exact) mass is 353 g/mol. The van der Waals surface area contributed by atoms with Crippen LogP contribution in [0.25, 0.3) is 21.1 Å². The predicted molar refractivity (Wildman–Crippen MR) is 97.1 cm³/mol. The lowest BCUT2D eigenvalue weighted by Gasteiger charge is -2.04. The second-order valence-corrected chi connectivity index (χ2v) is 7.00. The van der Waals surface area contributed by atoms with E-state index in [9.17, 15) is 9.59 Å². The molecular weight excluding hydrogens is 338 g/mol. The van der Waals surface area contributed by atoms with Gasteiger partial charge >= 0.3 is 5.97 Å². The van der Waals surface area contributed by atoms with E-state index >= 15 is 0 Å². The van der Waals surface area contributed by atoms with Gasteiger partial charge in [-0.05, 0) is 25.5 Å². The second kappa shape index (κ2) is 5.86. The van der Waals surface area contributed by atoms with Gasteiger partial charge in [0.1, 0.15) is 17.3 Å². The molecule has 25 heavy (non-hydrogen) atoms. The number of nitrogens with one attached hydrogen (secondary N) is 2. The molecule has 0 saturated carbocycles. The van der Waals surface area contributed by atoms with Crippen molar-refractivity contribution in [3.05, 3.63) is 62.6 Å². The Labute approximate surface area is 146 Å². The average molecular weight is 353 g/mol. The summed E-state index contributed by atoms with van der Waals surface area (Å²) in [6.07, 6.45) is 1.62. The van der Waals surface area contributed by atoms with Crippen molar-refractivity contribution in [1.29, 1.82) is 0 Å². The van der Waals surface area contributed by atoms with Gasteiger partial charge in [-0.1, -0.05) is 18.2 Å². The molecule has 0 saturated heterocycles. The number of rotatable bonds is 3. The van der Waals surface area contributed by atoms with Gasteiger partial charge in [0.05, 0.1) is 10.9 Å². The van der Waals surface area contributed by atoms with E-state index in [0.29, 0.717) is 21.6 Å². The third-order valence-corrected chi connectivity index (χ3v) is 5.34. The number of aromatic nitrogens is 3. The van der Waals surface area contributed by atoms with Crippen molar-refractivity contribution in [1.82, 2.24) is 15.0 Å². The molecule has 2 N–H and O–H groups in total. The molecule has 0 unspecified atom stereocenters. The molecule has 0 radical (unpaired) electrons. The lowest BCUT2D eigenvalue weighted by molar-refractivity contribution is 0.0465. The molecule has 4 aromatic rings. The minimum Gasteiger partial charge on any atom is -0.454 e. The maximum Gasteiger partial charge on any atom is 0.340 e. The number of aromatic amines is 2. The van der Waals surface area contributed by atoms with Crippen molar-refractivity contribution in [3.8, 4) is 0 Å². The largest absolute Gasteiger partial charge is 0.454 e. The van der Waals surface area contributed by atoms with Crippen LogP contribution in [-0.4, -0.2) is 20.9 Å². The van der Waals surface area contributed by atoms with Crippen LogP contribution in [0.15, 0.2) is 35.3 Å². The first kappa shape index (κ1) is 15.6. The van der Waals surface area contributed by atoms with E-state index in [1.54, 1.807) is 6.20 Å². The van der Waals surface area contributed by atoms with E-state index in [2.05, 4.69) is 15.0 Å². The Kier molecular flexibility index (Phi) is 3.65. The van der Waals surface area contributed by atoms with Crippen LogP contribution in [0.5, 0.6) is 0 Å². The van der Waals surface area contributed by atoms with Crippen LogP contribution < -0.4 is 5.56 Å². The van der Waals surface area contributed by atoms with Crippen molar-refractivity contribution >= 4 is 38.4 Å². The van der Waals surface area contributed by atoms with Crippen molar-refractivity contribution < 1.29 is 9.53 Å². The van der Waals surface area contributed by atoms with E-state index in [0.717, 1.165) is 21.3 Å². The molecule has 0 bridgehead atoms. The minimum absolute atomic E-state index is 0.0838. The molecule has 0 spiro atoms. The number of thiophene rings is 1. The number of aryl methyl sites for hydroxylation is 2. The van der Waals surface area contributed by atoms with Gasteiger partial charge < -0.3 is 14.7 Å². The Morgan fingerprint density at radius 3 is 2.92 bits per heavy atom. The van der Waals surface area contributed by atoms with Crippen LogP contribution >= 0.6 is 11.3 Å². The van der Waals surface area contributed by atoms with Crippen LogP contribution in [0, 0.1) is 13.8 Å². The normalized spacial score (nSPS) is 11.3. The summed E-state index contributed by atoms with van der Waals surface area (Å²) < 4.78 is 5.33. The van der Waals surface area contributed by atoms with Crippen LogP contribution in [0.3, 0.4) is 0 Å². The highest BCUT2D eigenvalue weighted by Gasteiger charge is 2.15. The number of esters is 1. The first-order valence-corrected chi connectivity index (χ1v) is 8.58. The summed E-state index contributed by atoms with van der Waals surface area (Å²) in [6.45, 7) is 3.78. The Hall–Kier alpha value is -2.93. The summed E-state index contributed by atoms with van der Waals surface area (Å²) in [5.74, 6) is -0.120. The lowest BCUT2D eigenvalue weighted by atomic mass is 10.2. The number of hydrogen-bond acceptors (Lipinski definition) is 5. The fourth-order valence-electron chi connectivity index (χ4n) is 2.82. The number of hydrogen-bond donors (Lipinski definition) is 2. The third-order valence-electron chi connectivity index (χ3n) is 4.24. The molecule has 6 nitrogen and oxygen atoms in total. The highest BCUT2D eigenvalue weighted by atomic mass is 32.1. The molecule has 0 aliphatic carbocycles. The molecule has 0 aliphatic heterocycles. The molecule has 126 valence electrons. The number of carbonyl (C=O) groups excluding carboxylic acids is 1. The van der Waals surface area contributed by atoms with Crippen molar-refractivity contribution in [2.45, 2.75) is 20.5 Å². The zero-order chi connectivity index (χ0) is 17.6. The number of carbonyl (C=O) groups is 1. The Morgan fingerprint density at radius 2 is 2.08 bits per heavy atom. The van der Waals surface area contributed by atoms with Crippen LogP contribution in [0.1, 0.15) is 26.6 Å². The molecule has 4 rings (SSSR count). The van der Waals surface area contributed by atoms with Gasteiger partial charge in [0.2, 0.25) is 0 Å². The molecule has 0 atom stereocenters. The fourth-order valence-corrected chi connectivity index (χ4v) is 3.87. The summed E-state index contributed by atoms with van der Waals surface area (Å²) in [4.78, 5) is 36.5. The highest BCUT2D eigenvalue weighted by molar-refractivity contribution is 7.18. The van der Waals surface area contributed by atoms with Gasteiger partial charge in [0, 0.05) is 22.0 Å². The number of H-pyrrole nitrogens is 2. The van der Waals surface area contributed by atoms with E-state index in [-0.39, 0.29) is 12.2 Å². The van der Waals surface area contributed by atoms with Gasteiger partial charge in [0.15, 0.2) is 0 Å². The molecule has 7 heteroatoms. The number of para-hydroxylation sites is 1. The highest BCUT2D eigenvalue weighted by Crippen LogP contribution is 2.25. The predicted octanol–water partition coefficient (Wildman–Crippen LogP) is 3.44. The van der Waals surface area contributed by atoms with E-state index < -0.39 is 5.97 Å². The zero-order valence-electron chi connectivity index (χ0n) is 13.7. The van der Waals surface area contributed by atoms with Gasteiger partial charge in [-0.3, -0.25) is 4.79 Å². The van der Waals surface area contributed by atoms with Crippen molar-refractivity contribution in [3.63, 3.8) is 0 Å². The van der Waals surface area contributed by atoms with Crippen LogP contribution in [0.2, 0.25) is 0 Å². The molecular formula is C18H15N3O3S. The average Bonchev–Trinajstić information content (AvgIpc) is 3.14. The first-order valence-electron chi connectivity index (χ1n) is 7.76. The van der Waals surface area contributed by atoms with E-state index in [1.165, 1.54) is 11.3 Å². The number of fused-ring (bicyclic) bond motifs is 2. The molecule has 3 heterocycles. The first-order chi connectivity index (χ1) is 12.0. The Bertz CT molecular complexity index is 1170. The van der Waals surface area contributed by atoms with E-state index in [4.69, 9.17) is 4.74 Å². The number of ether oxygens (including phenoxy) is 1. The van der Waals surface area contributed by atoms with Gasteiger partial charge in [-0.15, -0.1) is 11.3 Å². The Morgan fingerprint density at radius 1 is 1.28 bits per heavy atom. The summed E-state index contributed by atoms with van der Waals surface area (Å²) in [7, 11) is 0. The molecule has 0 fully saturated rings. The number of nitrogens with zero attached hydrogens (tertiary/aromatic N) is 1. The molecule has 0 aliphatic rings. The topological polar surface area (TPSA) is 87.8 Å². The third kappa shape index (κ3) is 2.62. The van der Waals surface area contributed by atoms with Crippen molar-refractivity contribution in [2.24, 2.45) is 0 Å². The van der Waals surface area contributed by atoms with Gasteiger partial charge in [-0.25, -0.2) is 9.78 Å². The van der Waals surface area contributed by atoms with E-state index in [1.807, 2.05) is 38.1 Å². The summed E-state index contributed by atoms with van der Waals surface area (Å²) in [6, 6.07) is 7.50. The van der Waals surface area contributed by atoms with Gasteiger partial charge in [-0.2, -0.15) is 0 Å². The smallest absolute Gasteiger partial charge is 0.340 e. The van der Waals surface area contributed by atoms with Crippen LogP contribution in [0.4, 0.5) is 0 Å². The summed E-state index contributed by atoms with van der Waals surface area (Å²) in [5, 5.41) is 1.41. The molecule has 0 amide bonds. The van der Waals surface area contributed by atoms with Crippen LogP contribution in [-0.2, 0) is 11.3 Å². The second-order valence-electron chi connectivity index (χ2n) is 5.80. The summed E-state index contributed by atoms with van der Waals surface area (Å²) >= 11 is 1.46. The molecule has 1 aromatic carbocycles. The van der Waals surface area contributed by atoms with Gasteiger partial charge in [0.25, 0.3) is 5.56 Å². The van der Waals surface area contributed by atoms with Crippen molar-refractivity contribution in [2.75, 3.05) is 0 Å². The zero-order valence-corrected chi connectivity index (χ0v) is 14.5. The quantitative estimate of drug-likeness (QED) is 0.552. The SMILES string of the molecule is Cc1sc2nc(COC(=O)c3c[nH]c4ccccc34)[nH]c(=O)c2c1C. The fraction of sp³-hybridized carbons (Fsp3) is 0.167. The maximum absolute atomic E-state index is 12.3. The molecule has 3 aromatic heterocycles. The maximum atomic E-state index is 12.3. The lowest BCUT2D eigenvalue weighted by Crippen LogP contribution is -2.14. The standard InChI is InChI=1S/C18H15N3O3S/c1-9-10(2)25-17-15(9)16(22)20-14(21-17)8-24-18(23)12-7-19-13-6-4-3-5-11(12)13/h3-7,19H,8H2,1-2H3,(H,20,21,22). The number of benzene rings is 1. The minimum atomic E-state index is -0.460.